The van der Waals surface area contributed by atoms with Crippen molar-refractivity contribution in [2.24, 2.45) is 4.99 Å². The van der Waals surface area contributed by atoms with Gasteiger partial charge in [-0.2, -0.15) is 5.26 Å². The Labute approximate surface area is 143 Å². The van der Waals surface area contributed by atoms with Gasteiger partial charge in [0.05, 0.1) is 17.3 Å². The van der Waals surface area contributed by atoms with Crippen molar-refractivity contribution in [2.75, 3.05) is 7.05 Å². The molecular formula is C20H23N3O. The number of benzene rings is 2. The molecule has 2 aromatic carbocycles. The fraction of sp³-hybridized carbons (Fsp3) is 0.300. The van der Waals surface area contributed by atoms with E-state index in [0.717, 1.165) is 29.7 Å². The van der Waals surface area contributed by atoms with Crippen molar-refractivity contribution in [1.82, 2.24) is 5.32 Å². The molecule has 2 N–H and O–H groups in total. The van der Waals surface area contributed by atoms with Gasteiger partial charge in [-0.05, 0) is 50.6 Å². The highest BCUT2D eigenvalue weighted by Crippen LogP contribution is 2.29. The number of phenols is 1. The lowest BCUT2D eigenvalue weighted by molar-refractivity contribution is 0.464. The molecule has 4 nitrogen and oxygen atoms in total. The quantitative estimate of drug-likeness (QED) is 0.763. The smallest absolute Gasteiger partial charge is 0.120 e. The molecule has 1 atom stereocenters. The molecule has 0 aliphatic rings. The van der Waals surface area contributed by atoms with Gasteiger partial charge in [-0.25, -0.2) is 0 Å². The van der Waals surface area contributed by atoms with Gasteiger partial charge < -0.3 is 10.4 Å². The minimum atomic E-state index is 0.283. The molecule has 1 unspecified atom stereocenters. The van der Waals surface area contributed by atoms with Crippen LogP contribution in [0.15, 0.2) is 47.5 Å². The standard InChI is InChI=1S/C20H23N3O/c1-15(22-2)10-11-18-19(8-5-9-20(18)24)23-13-12-16-6-3-4-7-17(16)14-21/h3-9,13,15,22,24H,10-12H2,1-2H3. The van der Waals surface area contributed by atoms with E-state index in [2.05, 4.69) is 23.3 Å². The van der Waals surface area contributed by atoms with Crippen molar-refractivity contribution in [3.63, 3.8) is 0 Å². The van der Waals surface area contributed by atoms with Crippen LogP contribution in [0.25, 0.3) is 0 Å². The van der Waals surface area contributed by atoms with Crippen molar-refractivity contribution >= 4 is 11.9 Å². The van der Waals surface area contributed by atoms with Gasteiger partial charge in [0.15, 0.2) is 0 Å². The average molecular weight is 321 g/mol. The summed E-state index contributed by atoms with van der Waals surface area (Å²) in [7, 11) is 1.93. The molecule has 0 bridgehead atoms. The van der Waals surface area contributed by atoms with Gasteiger partial charge in [-0.15, -0.1) is 0 Å². The molecule has 0 saturated carbocycles. The summed E-state index contributed by atoms with van der Waals surface area (Å²) in [5.41, 5.74) is 3.27. The number of aromatic hydroxyl groups is 1. The van der Waals surface area contributed by atoms with E-state index < -0.39 is 0 Å². The van der Waals surface area contributed by atoms with E-state index >= 15 is 0 Å². The van der Waals surface area contributed by atoms with Crippen LogP contribution in [0.1, 0.15) is 30.0 Å². The number of aliphatic imine (C=N–C) groups is 1. The Hall–Kier alpha value is -2.64. The lowest BCUT2D eigenvalue weighted by Crippen LogP contribution is -2.21. The Morgan fingerprint density at radius 3 is 2.79 bits per heavy atom. The Morgan fingerprint density at radius 2 is 2.04 bits per heavy atom. The van der Waals surface area contributed by atoms with Crippen molar-refractivity contribution in [2.45, 2.75) is 32.2 Å². The molecule has 124 valence electrons. The van der Waals surface area contributed by atoms with E-state index in [-0.39, 0.29) is 5.75 Å². The molecule has 0 amide bonds. The van der Waals surface area contributed by atoms with Crippen LogP contribution in [0, 0.1) is 11.3 Å². The second-order valence-corrected chi connectivity index (χ2v) is 5.79. The lowest BCUT2D eigenvalue weighted by atomic mass is 10.0. The van der Waals surface area contributed by atoms with Crippen molar-refractivity contribution in [1.29, 1.82) is 5.26 Å². The van der Waals surface area contributed by atoms with Gasteiger partial charge >= 0.3 is 0 Å². The molecule has 4 heteroatoms. The number of hydrogen-bond donors (Lipinski definition) is 2. The number of nitriles is 1. The molecule has 0 aromatic heterocycles. The third-order valence-corrected chi connectivity index (χ3v) is 4.13. The number of rotatable bonds is 7. The zero-order valence-corrected chi connectivity index (χ0v) is 14.2. The van der Waals surface area contributed by atoms with Crippen LogP contribution in [0.5, 0.6) is 5.75 Å². The second-order valence-electron chi connectivity index (χ2n) is 5.79. The Morgan fingerprint density at radius 1 is 1.25 bits per heavy atom. The van der Waals surface area contributed by atoms with Gasteiger partial charge in [0.2, 0.25) is 0 Å². The lowest BCUT2D eigenvalue weighted by Gasteiger charge is -2.12. The summed E-state index contributed by atoms with van der Waals surface area (Å²) in [6, 6.07) is 15.5. The second kappa shape index (κ2) is 8.85. The molecule has 0 heterocycles. The summed E-state index contributed by atoms with van der Waals surface area (Å²) >= 11 is 0. The van der Waals surface area contributed by atoms with Crippen LogP contribution in [0.4, 0.5) is 5.69 Å². The molecule has 2 rings (SSSR count). The van der Waals surface area contributed by atoms with Crippen LogP contribution in [0.2, 0.25) is 0 Å². The number of hydrogen-bond acceptors (Lipinski definition) is 4. The predicted octanol–water partition coefficient (Wildman–Crippen LogP) is 3.75. The van der Waals surface area contributed by atoms with E-state index in [9.17, 15) is 5.11 Å². The highest BCUT2D eigenvalue weighted by Gasteiger charge is 2.09. The zero-order chi connectivity index (χ0) is 17.4. The van der Waals surface area contributed by atoms with Crippen LogP contribution in [0.3, 0.4) is 0 Å². The van der Waals surface area contributed by atoms with E-state index in [1.54, 1.807) is 18.3 Å². The first-order valence-corrected chi connectivity index (χ1v) is 8.14. The summed E-state index contributed by atoms with van der Waals surface area (Å²) < 4.78 is 0. The SMILES string of the molecule is CNC(C)CCc1c(O)cccc1N=CCc1ccccc1C#N. The van der Waals surface area contributed by atoms with Gasteiger partial charge in [0, 0.05) is 24.2 Å². The first kappa shape index (κ1) is 17.7. The summed E-state index contributed by atoms with van der Waals surface area (Å²) in [5.74, 6) is 0.283. The van der Waals surface area contributed by atoms with Crippen LogP contribution in [-0.2, 0) is 12.8 Å². The van der Waals surface area contributed by atoms with Crippen LogP contribution < -0.4 is 5.32 Å². The fourth-order valence-corrected chi connectivity index (χ4v) is 2.49. The summed E-state index contributed by atoms with van der Waals surface area (Å²) in [5, 5.41) is 22.5. The molecular weight excluding hydrogens is 298 g/mol. The minimum absolute atomic E-state index is 0.283. The van der Waals surface area contributed by atoms with Crippen LogP contribution >= 0.6 is 0 Å². The molecule has 0 aliphatic carbocycles. The minimum Gasteiger partial charge on any atom is -0.508 e. The van der Waals surface area contributed by atoms with Crippen molar-refractivity contribution in [3.05, 3.63) is 59.2 Å². The Kier molecular flexibility index (Phi) is 6.53. The van der Waals surface area contributed by atoms with Gasteiger partial charge in [0.25, 0.3) is 0 Å². The molecule has 0 radical (unpaired) electrons. The monoisotopic (exact) mass is 321 g/mol. The third-order valence-electron chi connectivity index (χ3n) is 4.13. The third kappa shape index (κ3) is 4.68. The van der Waals surface area contributed by atoms with Crippen molar-refractivity contribution in [3.8, 4) is 11.8 Å². The highest BCUT2D eigenvalue weighted by atomic mass is 16.3. The van der Waals surface area contributed by atoms with E-state index in [0.29, 0.717) is 18.0 Å². The van der Waals surface area contributed by atoms with Gasteiger partial charge in [-0.3, -0.25) is 4.99 Å². The molecule has 2 aromatic rings. The average Bonchev–Trinajstić information content (AvgIpc) is 2.61. The topological polar surface area (TPSA) is 68.4 Å². The zero-order valence-electron chi connectivity index (χ0n) is 14.2. The van der Waals surface area contributed by atoms with Crippen LogP contribution in [-0.4, -0.2) is 24.4 Å². The largest absolute Gasteiger partial charge is 0.508 e. The van der Waals surface area contributed by atoms with E-state index in [1.165, 1.54) is 0 Å². The first-order chi connectivity index (χ1) is 11.7. The maximum Gasteiger partial charge on any atom is 0.120 e. The Bertz CT molecular complexity index is 747. The number of nitrogens with one attached hydrogen (secondary N) is 1. The summed E-state index contributed by atoms with van der Waals surface area (Å²) in [6.45, 7) is 2.11. The summed E-state index contributed by atoms with van der Waals surface area (Å²) in [4.78, 5) is 4.53. The number of phenolic OH excluding ortho intramolecular Hbond substituents is 1. The normalized spacial score (nSPS) is 12.2. The van der Waals surface area contributed by atoms with Crippen molar-refractivity contribution < 1.29 is 5.11 Å². The fourth-order valence-electron chi connectivity index (χ4n) is 2.49. The van der Waals surface area contributed by atoms with Gasteiger partial charge in [-0.1, -0.05) is 24.3 Å². The maximum absolute atomic E-state index is 10.1. The first-order valence-electron chi connectivity index (χ1n) is 8.14. The molecule has 0 fully saturated rings. The molecule has 0 aliphatic heterocycles. The maximum atomic E-state index is 10.1. The van der Waals surface area contributed by atoms with E-state index in [4.69, 9.17) is 5.26 Å². The van der Waals surface area contributed by atoms with E-state index in [1.807, 2.05) is 37.4 Å². The summed E-state index contributed by atoms with van der Waals surface area (Å²) in [6.07, 6.45) is 4.08. The molecule has 24 heavy (non-hydrogen) atoms. The van der Waals surface area contributed by atoms with Gasteiger partial charge in [0.1, 0.15) is 5.75 Å². The predicted molar refractivity (Wildman–Crippen MR) is 98.0 cm³/mol. The Balaban J connectivity index is 2.14. The highest BCUT2D eigenvalue weighted by molar-refractivity contribution is 5.69. The molecule has 0 saturated heterocycles. The molecule has 0 spiro atoms. The number of nitrogens with zero attached hydrogens (tertiary/aromatic N) is 2.